The van der Waals surface area contributed by atoms with Crippen LogP contribution in [0.2, 0.25) is 0 Å². The lowest BCUT2D eigenvalue weighted by Gasteiger charge is -2.06. The molecular formula is C19H24N2O2. The van der Waals surface area contributed by atoms with E-state index in [1.54, 1.807) is 0 Å². The van der Waals surface area contributed by atoms with Gasteiger partial charge in [0.2, 0.25) is 0 Å². The van der Waals surface area contributed by atoms with E-state index < -0.39 is 0 Å². The minimum Gasteiger partial charge on any atom is -0.469 e. The second kappa shape index (κ2) is 5.52. The average Bonchev–Trinajstić information content (AvgIpc) is 2.97. The van der Waals surface area contributed by atoms with Crippen molar-refractivity contribution in [2.75, 3.05) is 7.11 Å². The van der Waals surface area contributed by atoms with Crippen molar-refractivity contribution in [3.05, 3.63) is 47.3 Å². The fraction of sp³-hybridized carbons (Fsp3) is 0.474. The van der Waals surface area contributed by atoms with Crippen molar-refractivity contribution >= 4 is 5.97 Å². The Bertz CT molecular complexity index is 731. The fourth-order valence-corrected chi connectivity index (χ4v) is 3.73. The quantitative estimate of drug-likeness (QED) is 0.812. The number of para-hydroxylation sites is 1. The topological polar surface area (TPSA) is 44.1 Å². The minimum atomic E-state index is -0.0919. The second-order valence-electron chi connectivity index (χ2n) is 7.03. The van der Waals surface area contributed by atoms with Crippen LogP contribution in [0.1, 0.15) is 30.8 Å². The smallest absolute Gasteiger partial charge is 0.309 e. The molecule has 4 heteroatoms. The first kappa shape index (κ1) is 15.8. The van der Waals surface area contributed by atoms with Gasteiger partial charge in [-0.2, -0.15) is 5.10 Å². The summed E-state index contributed by atoms with van der Waals surface area (Å²) in [6.45, 7) is 8.44. The Balaban J connectivity index is 1.88. The van der Waals surface area contributed by atoms with Crippen LogP contribution in [0.3, 0.4) is 0 Å². The number of aryl methyl sites for hydroxylation is 1. The lowest BCUT2D eigenvalue weighted by Crippen LogP contribution is -2.07. The average molecular weight is 312 g/mol. The number of hydrogen-bond donors (Lipinski definition) is 0. The van der Waals surface area contributed by atoms with E-state index in [0.29, 0.717) is 5.92 Å². The molecule has 1 aromatic carbocycles. The lowest BCUT2D eigenvalue weighted by molar-refractivity contribution is -0.143. The molecule has 122 valence electrons. The molecule has 0 radical (unpaired) electrons. The van der Waals surface area contributed by atoms with E-state index in [4.69, 9.17) is 9.84 Å². The Morgan fingerprint density at radius 1 is 1.26 bits per heavy atom. The molecule has 0 saturated heterocycles. The Morgan fingerprint density at radius 2 is 1.91 bits per heavy atom. The van der Waals surface area contributed by atoms with Gasteiger partial charge in [-0.05, 0) is 49.3 Å². The van der Waals surface area contributed by atoms with Crippen LogP contribution in [0, 0.1) is 31.1 Å². The van der Waals surface area contributed by atoms with E-state index in [0.717, 1.165) is 23.5 Å². The van der Waals surface area contributed by atoms with E-state index in [1.165, 1.54) is 12.7 Å². The van der Waals surface area contributed by atoms with Gasteiger partial charge in [0.05, 0.1) is 24.4 Å². The van der Waals surface area contributed by atoms with Crippen molar-refractivity contribution in [2.45, 2.75) is 34.1 Å². The second-order valence-corrected chi connectivity index (χ2v) is 7.03. The van der Waals surface area contributed by atoms with E-state index in [-0.39, 0.29) is 17.3 Å². The fourth-order valence-electron chi connectivity index (χ4n) is 3.73. The summed E-state index contributed by atoms with van der Waals surface area (Å²) in [5.41, 5.74) is 4.51. The molecule has 0 unspecified atom stereocenters. The SMILES string of the molecule is COC(=O)[C@H]1[C@@H](Cc2c(C)nn(-c3ccccc3)c2C)C1(C)C. The number of ether oxygens (including phenoxy) is 1. The van der Waals surface area contributed by atoms with Gasteiger partial charge in [-0.3, -0.25) is 4.79 Å². The van der Waals surface area contributed by atoms with Crippen LogP contribution in [0.5, 0.6) is 0 Å². The number of aromatic nitrogens is 2. The van der Waals surface area contributed by atoms with Crippen LogP contribution in [0.15, 0.2) is 30.3 Å². The first-order valence-corrected chi connectivity index (χ1v) is 8.06. The Kier molecular flexibility index (Phi) is 3.78. The minimum absolute atomic E-state index is 0.000814. The summed E-state index contributed by atoms with van der Waals surface area (Å²) in [7, 11) is 1.47. The van der Waals surface area contributed by atoms with Crippen molar-refractivity contribution in [1.82, 2.24) is 9.78 Å². The number of rotatable bonds is 4. The van der Waals surface area contributed by atoms with Crippen molar-refractivity contribution in [3.8, 4) is 5.69 Å². The standard InChI is InChI=1S/C19H24N2O2/c1-12-15(11-16-17(18(22)23-5)19(16,3)4)13(2)21(20-12)14-9-7-6-8-10-14/h6-10,16-17H,11H2,1-5H3/t16-,17-/m1/s1. The number of nitrogens with zero attached hydrogens (tertiary/aromatic N) is 2. The number of benzene rings is 1. The molecule has 0 aliphatic heterocycles. The van der Waals surface area contributed by atoms with Gasteiger partial charge >= 0.3 is 5.97 Å². The summed E-state index contributed by atoms with van der Waals surface area (Å²) in [6.07, 6.45) is 0.872. The molecular weight excluding hydrogens is 288 g/mol. The first-order valence-electron chi connectivity index (χ1n) is 8.06. The van der Waals surface area contributed by atoms with Gasteiger partial charge in [0.15, 0.2) is 0 Å². The predicted octanol–water partition coefficient (Wildman–Crippen LogP) is 3.48. The molecule has 4 nitrogen and oxygen atoms in total. The van der Waals surface area contributed by atoms with E-state index >= 15 is 0 Å². The third kappa shape index (κ3) is 2.56. The van der Waals surface area contributed by atoms with Crippen molar-refractivity contribution in [3.63, 3.8) is 0 Å². The van der Waals surface area contributed by atoms with E-state index in [9.17, 15) is 4.79 Å². The van der Waals surface area contributed by atoms with Crippen LogP contribution in [0.25, 0.3) is 5.69 Å². The van der Waals surface area contributed by atoms with Crippen molar-refractivity contribution in [2.24, 2.45) is 17.3 Å². The maximum Gasteiger partial charge on any atom is 0.309 e. The summed E-state index contributed by atoms with van der Waals surface area (Å²) in [5, 5.41) is 4.70. The van der Waals surface area contributed by atoms with Crippen LogP contribution in [0.4, 0.5) is 0 Å². The van der Waals surface area contributed by atoms with Gasteiger partial charge in [-0.15, -0.1) is 0 Å². The number of esters is 1. The summed E-state index contributed by atoms with van der Waals surface area (Å²) >= 11 is 0. The van der Waals surface area contributed by atoms with Crippen LogP contribution >= 0.6 is 0 Å². The highest BCUT2D eigenvalue weighted by Crippen LogP contribution is 2.60. The molecule has 1 fully saturated rings. The van der Waals surface area contributed by atoms with Gasteiger partial charge in [0, 0.05) is 5.69 Å². The van der Waals surface area contributed by atoms with Crippen LogP contribution < -0.4 is 0 Å². The molecule has 0 spiro atoms. The van der Waals surface area contributed by atoms with Crippen molar-refractivity contribution in [1.29, 1.82) is 0 Å². The van der Waals surface area contributed by atoms with Crippen LogP contribution in [-0.2, 0) is 16.0 Å². The largest absolute Gasteiger partial charge is 0.469 e. The lowest BCUT2D eigenvalue weighted by atomic mass is 10.0. The molecule has 1 aliphatic rings. The molecule has 3 rings (SSSR count). The first-order chi connectivity index (χ1) is 10.9. The van der Waals surface area contributed by atoms with Gasteiger partial charge in [0.25, 0.3) is 0 Å². The van der Waals surface area contributed by atoms with Gasteiger partial charge in [-0.1, -0.05) is 32.0 Å². The van der Waals surface area contributed by atoms with E-state index in [2.05, 4.69) is 32.9 Å². The summed E-state index contributed by atoms with van der Waals surface area (Å²) in [6, 6.07) is 10.2. The predicted molar refractivity (Wildman–Crippen MR) is 89.5 cm³/mol. The van der Waals surface area contributed by atoms with Gasteiger partial charge in [0.1, 0.15) is 0 Å². The van der Waals surface area contributed by atoms with Crippen molar-refractivity contribution < 1.29 is 9.53 Å². The maximum absolute atomic E-state index is 11.9. The Hall–Kier alpha value is -2.10. The van der Waals surface area contributed by atoms with E-state index in [1.807, 2.05) is 29.8 Å². The highest BCUT2D eigenvalue weighted by atomic mass is 16.5. The molecule has 0 bridgehead atoms. The number of methoxy groups -OCH3 is 1. The highest BCUT2D eigenvalue weighted by Gasteiger charge is 2.62. The summed E-state index contributed by atoms with van der Waals surface area (Å²) in [5.74, 6) is 0.220. The monoisotopic (exact) mass is 312 g/mol. The third-order valence-corrected chi connectivity index (χ3v) is 5.37. The Morgan fingerprint density at radius 3 is 2.52 bits per heavy atom. The molecule has 0 amide bonds. The number of hydrogen-bond acceptors (Lipinski definition) is 3. The normalized spacial score (nSPS) is 22.0. The molecule has 2 atom stereocenters. The van der Waals surface area contributed by atoms with Crippen LogP contribution in [-0.4, -0.2) is 22.9 Å². The molecule has 1 heterocycles. The highest BCUT2D eigenvalue weighted by molar-refractivity contribution is 5.77. The number of carbonyl (C=O) groups is 1. The zero-order chi connectivity index (χ0) is 16.8. The summed E-state index contributed by atoms with van der Waals surface area (Å²) in [4.78, 5) is 11.9. The zero-order valence-corrected chi connectivity index (χ0v) is 14.5. The Labute approximate surface area is 137 Å². The van der Waals surface area contributed by atoms with Gasteiger partial charge in [-0.25, -0.2) is 4.68 Å². The maximum atomic E-state index is 11.9. The summed E-state index contributed by atoms with van der Waals surface area (Å²) < 4.78 is 6.95. The molecule has 1 aliphatic carbocycles. The zero-order valence-electron chi connectivity index (χ0n) is 14.5. The molecule has 2 aromatic rings. The molecule has 23 heavy (non-hydrogen) atoms. The number of carbonyl (C=O) groups excluding carboxylic acids is 1. The molecule has 1 aromatic heterocycles. The molecule has 1 saturated carbocycles. The molecule has 0 N–H and O–H groups in total. The van der Waals surface area contributed by atoms with Gasteiger partial charge < -0.3 is 4.74 Å². The third-order valence-electron chi connectivity index (χ3n) is 5.37.